The smallest absolute Gasteiger partial charge is 0.239 e. The van der Waals surface area contributed by atoms with E-state index in [9.17, 15) is 9.59 Å². The molecule has 3 rings (SSSR count). The highest BCUT2D eigenvalue weighted by atomic mass is 79.9. The zero-order chi connectivity index (χ0) is 17.1. The Morgan fingerprint density at radius 3 is 2.67 bits per heavy atom. The second kappa shape index (κ2) is 7.68. The SMILES string of the molecule is CCC1CCC(NC(=O)C2CCN(c3cccc(Br)c3)C2=O)CC1. The molecule has 1 heterocycles. The third-order valence-corrected chi connectivity index (χ3v) is 5.91. The topological polar surface area (TPSA) is 49.4 Å². The van der Waals surface area contributed by atoms with Crippen molar-refractivity contribution >= 4 is 33.4 Å². The lowest BCUT2D eigenvalue weighted by atomic mass is 9.84. The second-order valence-corrected chi connectivity index (χ2v) is 7.86. The number of carbonyl (C=O) groups is 2. The molecule has 1 aromatic rings. The van der Waals surface area contributed by atoms with Crippen molar-refractivity contribution in [1.29, 1.82) is 0 Å². The first-order valence-corrected chi connectivity index (χ1v) is 9.75. The minimum Gasteiger partial charge on any atom is -0.353 e. The van der Waals surface area contributed by atoms with Gasteiger partial charge in [-0.05, 0) is 56.2 Å². The minimum absolute atomic E-state index is 0.0761. The van der Waals surface area contributed by atoms with Crippen molar-refractivity contribution in [2.45, 2.75) is 51.5 Å². The van der Waals surface area contributed by atoms with E-state index in [-0.39, 0.29) is 17.9 Å². The van der Waals surface area contributed by atoms with E-state index >= 15 is 0 Å². The van der Waals surface area contributed by atoms with Gasteiger partial charge in [-0.25, -0.2) is 0 Å². The lowest BCUT2D eigenvalue weighted by molar-refractivity contribution is -0.132. The molecule has 0 spiro atoms. The highest BCUT2D eigenvalue weighted by Gasteiger charge is 2.38. The van der Waals surface area contributed by atoms with Crippen molar-refractivity contribution in [3.8, 4) is 0 Å². The predicted octanol–water partition coefficient (Wildman–Crippen LogP) is 3.89. The standard InChI is InChI=1S/C19H25BrN2O2/c1-2-13-6-8-15(9-7-13)21-18(23)17-10-11-22(19(17)24)16-5-3-4-14(20)12-16/h3-5,12-13,15,17H,2,6-11H2,1H3,(H,21,23). The van der Waals surface area contributed by atoms with Crippen molar-refractivity contribution < 1.29 is 9.59 Å². The molecule has 0 radical (unpaired) electrons. The summed E-state index contributed by atoms with van der Waals surface area (Å²) in [5.74, 6) is 0.108. The molecule has 1 aliphatic carbocycles. The predicted molar refractivity (Wildman–Crippen MR) is 98.8 cm³/mol. The van der Waals surface area contributed by atoms with Gasteiger partial charge in [0.05, 0.1) is 0 Å². The van der Waals surface area contributed by atoms with Gasteiger partial charge in [0.2, 0.25) is 11.8 Å². The van der Waals surface area contributed by atoms with Gasteiger partial charge in [-0.15, -0.1) is 0 Å². The van der Waals surface area contributed by atoms with E-state index in [0.29, 0.717) is 13.0 Å². The van der Waals surface area contributed by atoms with Gasteiger partial charge in [-0.2, -0.15) is 0 Å². The summed E-state index contributed by atoms with van der Waals surface area (Å²) in [5.41, 5.74) is 0.855. The fourth-order valence-electron chi connectivity index (χ4n) is 3.84. The zero-order valence-electron chi connectivity index (χ0n) is 14.1. The number of hydrogen-bond donors (Lipinski definition) is 1. The molecular weight excluding hydrogens is 368 g/mol. The van der Waals surface area contributed by atoms with E-state index in [1.807, 2.05) is 24.3 Å². The second-order valence-electron chi connectivity index (χ2n) is 6.95. The number of nitrogens with one attached hydrogen (secondary N) is 1. The molecule has 4 nitrogen and oxygen atoms in total. The lowest BCUT2D eigenvalue weighted by Gasteiger charge is -2.29. The van der Waals surface area contributed by atoms with Crippen LogP contribution < -0.4 is 10.2 Å². The minimum atomic E-state index is -0.534. The van der Waals surface area contributed by atoms with E-state index in [0.717, 1.165) is 28.9 Å². The lowest BCUT2D eigenvalue weighted by Crippen LogP contribution is -2.43. The Labute approximate surface area is 152 Å². The summed E-state index contributed by atoms with van der Waals surface area (Å²) >= 11 is 3.43. The van der Waals surface area contributed by atoms with Gasteiger partial charge in [0, 0.05) is 22.7 Å². The Bertz CT molecular complexity index is 611. The Hall–Kier alpha value is -1.36. The van der Waals surface area contributed by atoms with E-state index in [1.165, 1.54) is 19.3 Å². The molecule has 1 aromatic carbocycles. The summed E-state index contributed by atoms with van der Waals surface area (Å²) in [5, 5.41) is 3.12. The van der Waals surface area contributed by atoms with Gasteiger partial charge < -0.3 is 10.2 Å². The summed E-state index contributed by atoms with van der Waals surface area (Å²) in [4.78, 5) is 26.9. The van der Waals surface area contributed by atoms with Crippen LogP contribution in [0.3, 0.4) is 0 Å². The van der Waals surface area contributed by atoms with Gasteiger partial charge in [0.25, 0.3) is 0 Å². The number of amides is 2. The van der Waals surface area contributed by atoms with Crippen LogP contribution in [0, 0.1) is 11.8 Å². The van der Waals surface area contributed by atoms with Gasteiger partial charge in [-0.1, -0.05) is 35.3 Å². The number of benzene rings is 1. The average molecular weight is 393 g/mol. The molecule has 130 valence electrons. The van der Waals surface area contributed by atoms with Crippen molar-refractivity contribution in [1.82, 2.24) is 5.32 Å². The van der Waals surface area contributed by atoms with Crippen LogP contribution in [-0.4, -0.2) is 24.4 Å². The van der Waals surface area contributed by atoms with Crippen molar-refractivity contribution in [2.24, 2.45) is 11.8 Å². The number of rotatable bonds is 4. The Morgan fingerprint density at radius 2 is 2.00 bits per heavy atom. The molecule has 1 aliphatic heterocycles. The normalized spacial score (nSPS) is 27.3. The van der Waals surface area contributed by atoms with Crippen molar-refractivity contribution in [3.05, 3.63) is 28.7 Å². The molecule has 1 saturated carbocycles. The number of anilines is 1. The van der Waals surface area contributed by atoms with Crippen LogP contribution in [0.1, 0.15) is 45.4 Å². The van der Waals surface area contributed by atoms with Crippen LogP contribution in [0.25, 0.3) is 0 Å². The molecule has 5 heteroatoms. The Balaban J connectivity index is 1.58. The molecule has 1 unspecified atom stereocenters. The summed E-state index contributed by atoms with van der Waals surface area (Å²) in [6, 6.07) is 7.92. The molecule has 2 fully saturated rings. The van der Waals surface area contributed by atoms with Crippen LogP contribution in [0.15, 0.2) is 28.7 Å². The van der Waals surface area contributed by atoms with E-state index < -0.39 is 5.92 Å². The number of hydrogen-bond acceptors (Lipinski definition) is 2. The maximum Gasteiger partial charge on any atom is 0.239 e. The molecular formula is C19H25BrN2O2. The first-order valence-electron chi connectivity index (χ1n) is 8.95. The van der Waals surface area contributed by atoms with E-state index in [4.69, 9.17) is 0 Å². The Morgan fingerprint density at radius 1 is 1.25 bits per heavy atom. The van der Waals surface area contributed by atoms with Crippen LogP contribution in [-0.2, 0) is 9.59 Å². The highest BCUT2D eigenvalue weighted by Crippen LogP contribution is 2.29. The van der Waals surface area contributed by atoms with E-state index in [2.05, 4.69) is 28.2 Å². The van der Waals surface area contributed by atoms with Gasteiger partial charge in [0.15, 0.2) is 0 Å². The van der Waals surface area contributed by atoms with Gasteiger partial charge in [0.1, 0.15) is 5.92 Å². The van der Waals surface area contributed by atoms with Crippen LogP contribution in [0.4, 0.5) is 5.69 Å². The number of halogens is 1. The maximum atomic E-state index is 12.6. The quantitative estimate of drug-likeness (QED) is 0.790. The maximum absolute atomic E-state index is 12.6. The van der Waals surface area contributed by atoms with Crippen LogP contribution >= 0.6 is 15.9 Å². The molecule has 2 amide bonds. The van der Waals surface area contributed by atoms with E-state index in [1.54, 1.807) is 4.90 Å². The third-order valence-electron chi connectivity index (χ3n) is 5.41. The Kier molecular flexibility index (Phi) is 5.59. The fourth-order valence-corrected chi connectivity index (χ4v) is 4.23. The highest BCUT2D eigenvalue weighted by molar-refractivity contribution is 9.10. The molecule has 1 N–H and O–H groups in total. The average Bonchev–Trinajstić information content (AvgIpc) is 2.97. The van der Waals surface area contributed by atoms with Crippen molar-refractivity contribution in [3.63, 3.8) is 0 Å². The monoisotopic (exact) mass is 392 g/mol. The zero-order valence-corrected chi connectivity index (χ0v) is 15.7. The molecule has 1 atom stereocenters. The molecule has 0 aromatic heterocycles. The van der Waals surface area contributed by atoms with Gasteiger partial charge >= 0.3 is 0 Å². The third kappa shape index (κ3) is 3.82. The summed E-state index contributed by atoms with van der Waals surface area (Å²) in [6.07, 6.45) is 6.28. The fraction of sp³-hybridized carbons (Fsp3) is 0.579. The van der Waals surface area contributed by atoms with Crippen molar-refractivity contribution in [2.75, 3.05) is 11.4 Å². The first-order chi connectivity index (χ1) is 11.6. The number of nitrogens with zero attached hydrogens (tertiary/aromatic N) is 1. The number of carbonyl (C=O) groups excluding carboxylic acids is 2. The molecule has 1 saturated heterocycles. The molecule has 2 aliphatic rings. The van der Waals surface area contributed by atoms with Gasteiger partial charge in [-0.3, -0.25) is 9.59 Å². The summed E-state index contributed by atoms with van der Waals surface area (Å²) in [7, 11) is 0. The summed E-state index contributed by atoms with van der Waals surface area (Å²) in [6.45, 7) is 2.84. The summed E-state index contributed by atoms with van der Waals surface area (Å²) < 4.78 is 0.938. The van der Waals surface area contributed by atoms with Crippen LogP contribution in [0.2, 0.25) is 0 Å². The largest absolute Gasteiger partial charge is 0.353 e. The molecule has 24 heavy (non-hydrogen) atoms. The molecule has 0 bridgehead atoms. The van der Waals surface area contributed by atoms with Crippen LogP contribution in [0.5, 0.6) is 0 Å². The first kappa shape index (κ1) is 17.5.